The van der Waals surface area contributed by atoms with E-state index in [2.05, 4.69) is 4.90 Å². The second-order valence-corrected chi connectivity index (χ2v) is 8.00. The molecule has 1 heterocycles. The van der Waals surface area contributed by atoms with Crippen LogP contribution in [0.4, 0.5) is 11.4 Å². The Bertz CT molecular complexity index is 874. The Kier molecular flexibility index (Phi) is 7.05. The molecule has 160 valence electrons. The third-order valence-corrected chi connectivity index (χ3v) is 5.54. The number of ether oxygens (including phenoxy) is 1. The number of nitro groups is 1. The average Bonchev–Trinajstić information content (AvgIpc) is 2.75. The van der Waals surface area contributed by atoms with Gasteiger partial charge < -0.3 is 9.64 Å². The topological polar surface area (TPSA) is 75.9 Å². The molecule has 3 rings (SSSR count). The van der Waals surface area contributed by atoms with E-state index in [1.165, 1.54) is 0 Å². The number of non-ortho nitro benzene ring substituents is 1. The number of methoxy groups -OCH3 is 1. The molecule has 1 fully saturated rings. The van der Waals surface area contributed by atoms with Crippen LogP contribution in [0.2, 0.25) is 0 Å². The predicted molar refractivity (Wildman–Crippen MR) is 117 cm³/mol. The Balaban J connectivity index is 1.68. The normalized spacial score (nSPS) is 15.2. The number of anilines is 1. The van der Waals surface area contributed by atoms with Crippen LogP contribution < -0.4 is 9.64 Å². The zero-order valence-electron chi connectivity index (χ0n) is 17.8. The minimum Gasteiger partial charge on any atom is -0.497 e. The van der Waals surface area contributed by atoms with Gasteiger partial charge in [0.25, 0.3) is 5.69 Å². The summed E-state index contributed by atoms with van der Waals surface area (Å²) in [6, 6.07) is 14.6. The summed E-state index contributed by atoms with van der Waals surface area (Å²) in [4.78, 5) is 27.7. The lowest BCUT2D eigenvalue weighted by Crippen LogP contribution is -2.48. The first-order chi connectivity index (χ1) is 14.4. The van der Waals surface area contributed by atoms with Gasteiger partial charge in [-0.1, -0.05) is 32.0 Å². The molecular formula is C23H29N3O4. The fourth-order valence-corrected chi connectivity index (χ4v) is 3.87. The van der Waals surface area contributed by atoms with Gasteiger partial charge in [-0.05, 0) is 30.5 Å². The highest BCUT2D eigenvalue weighted by atomic mass is 16.6. The SMILES string of the molecule is COc1cccc(N(C(=O)C(C)C)C2CCN(Cc3ccc([N+](=O)[O-])cc3)CC2)c1. The highest BCUT2D eigenvalue weighted by molar-refractivity contribution is 5.95. The lowest BCUT2D eigenvalue weighted by Gasteiger charge is -2.39. The second kappa shape index (κ2) is 9.71. The molecule has 2 aromatic carbocycles. The molecular weight excluding hydrogens is 382 g/mol. The molecule has 30 heavy (non-hydrogen) atoms. The quantitative estimate of drug-likeness (QED) is 0.503. The number of nitro benzene ring substituents is 1. The molecule has 0 atom stereocenters. The van der Waals surface area contributed by atoms with Crippen molar-refractivity contribution in [3.8, 4) is 5.75 Å². The predicted octanol–water partition coefficient (Wildman–Crippen LogP) is 4.26. The highest BCUT2D eigenvalue weighted by Gasteiger charge is 2.30. The minimum absolute atomic E-state index is 0.0886. The molecule has 1 aliphatic heterocycles. The summed E-state index contributed by atoms with van der Waals surface area (Å²) in [5, 5.41) is 10.8. The van der Waals surface area contributed by atoms with Crippen molar-refractivity contribution in [3.63, 3.8) is 0 Å². The lowest BCUT2D eigenvalue weighted by molar-refractivity contribution is -0.384. The third kappa shape index (κ3) is 5.16. The molecule has 0 bridgehead atoms. The lowest BCUT2D eigenvalue weighted by atomic mass is 9.99. The van der Waals surface area contributed by atoms with E-state index in [0.29, 0.717) is 0 Å². The average molecular weight is 412 g/mol. The molecule has 0 aliphatic carbocycles. The van der Waals surface area contributed by atoms with E-state index in [4.69, 9.17) is 4.74 Å². The molecule has 1 amide bonds. The van der Waals surface area contributed by atoms with E-state index >= 15 is 0 Å². The molecule has 1 aliphatic rings. The molecule has 7 heteroatoms. The Morgan fingerprint density at radius 1 is 1.20 bits per heavy atom. The van der Waals surface area contributed by atoms with Gasteiger partial charge in [-0.3, -0.25) is 19.8 Å². The second-order valence-electron chi connectivity index (χ2n) is 8.00. The molecule has 0 unspecified atom stereocenters. The van der Waals surface area contributed by atoms with Crippen molar-refractivity contribution in [1.82, 2.24) is 4.90 Å². The zero-order chi connectivity index (χ0) is 21.7. The summed E-state index contributed by atoms with van der Waals surface area (Å²) in [6.07, 6.45) is 1.76. The van der Waals surface area contributed by atoms with Crippen molar-refractivity contribution in [2.75, 3.05) is 25.1 Å². The minimum atomic E-state index is -0.381. The van der Waals surface area contributed by atoms with Crippen molar-refractivity contribution in [3.05, 3.63) is 64.2 Å². The maximum Gasteiger partial charge on any atom is 0.269 e. The number of carbonyl (C=O) groups is 1. The first-order valence-electron chi connectivity index (χ1n) is 10.3. The van der Waals surface area contributed by atoms with Crippen LogP contribution in [0.15, 0.2) is 48.5 Å². The van der Waals surface area contributed by atoms with Crippen molar-refractivity contribution in [1.29, 1.82) is 0 Å². The van der Waals surface area contributed by atoms with Crippen LogP contribution in [0, 0.1) is 16.0 Å². The number of nitrogens with zero attached hydrogens (tertiary/aromatic N) is 3. The number of benzene rings is 2. The number of carbonyl (C=O) groups excluding carboxylic acids is 1. The van der Waals surface area contributed by atoms with Crippen LogP contribution in [-0.2, 0) is 11.3 Å². The molecule has 0 radical (unpaired) electrons. The third-order valence-electron chi connectivity index (χ3n) is 5.54. The van der Waals surface area contributed by atoms with Gasteiger partial charge in [0.2, 0.25) is 5.91 Å². The molecule has 0 spiro atoms. The molecule has 0 saturated carbocycles. The number of piperidine rings is 1. The van der Waals surface area contributed by atoms with Crippen LogP contribution in [0.5, 0.6) is 5.75 Å². The van der Waals surface area contributed by atoms with Gasteiger partial charge in [0.15, 0.2) is 0 Å². The van der Waals surface area contributed by atoms with Gasteiger partial charge in [0.05, 0.1) is 12.0 Å². The van der Waals surface area contributed by atoms with E-state index in [1.807, 2.05) is 55.1 Å². The molecule has 7 nitrogen and oxygen atoms in total. The smallest absolute Gasteiger partial charge is 0.269 e. The molecule has 1 saturated heterocycles. The number of amides is 1. The van der Waals surface area contributed by atoms with Crippen LogP contribution >= 0.6 is 0 Å². The Morgan fingerprint density at radius 2 is 1.87 bits per heavy atom. The number of hydrogen-bond acceptors (Lipinski definition) is 5. The van der Waals surface area contributed by atoms with Gasteiger partial charge in [-0.2, -0.15) is 0 Å². The van der Waals surface area contributed by atoms with Gasteiger partial charge in [-0.15, -0.1) is 0 Å². The van der Waals surface area contributed by atoms with E-state index in [9.17, 15) is 14.9 Å². The van der Waals surface area contributed by atoms with Crippen molar-refractivity contribution in [2.24, 2.45) is 5.92 Å². The summed E-state index contributed by atoms with van der Waals surface area (Å²) in [7, 11) is 1.63. The number of rotatable bonds is 7. The molecule has 0 aromatic heterocycles. The van der Waals surface area contributed by atoms with Gasteiger partial charge >= 0.3 is 0 Å². The van der Waals surface area contributed by atoms with E-state index in [-0.39, 0.29) is 28.5 Å². The van der Waals surface area contributed by atoms with Gasteiger partial charge in [0.1, 0.15) is 5.75 Å². The van der Waals surface area contributed by atoms with Crippen LogP contribution in [-0.4, -0.2) is 42.0 Å². The summed E-state index contributed by atoms with van der Waals surface area (Å²) in [5.41, 5.74) is 2.04. The first-order valence-corrected chi connectivity index (χ1v) is 10.3. The van der Waals surface area contributed by atoms with Crippen LogP contribution in [0.25, 0.3) is 0 Å². The van der Waals surface area contributed by atoms with Crippen molar-refractivity contribution < 1.29 is 14.5 Å². The first kappa shape index (κ1) is 21.8. The molecule has 0 N–H and O–H groups in total. The maximum absolute atomic E-state index is 13.0. The highest BCUT2D eigenvalue weighted by Crippen LogP contribution is 2.29. The Hall–Kier alpha value is -2.93. The van der Waals surface area contributed by atoms with Crippen molar-refractivity contribution >= 4 is 17.3 Å². The number of hydrogen-bond donors (Lipinski definition) is 0. The van der Waals surface area contributed by atoms with E-state index in [0.717, 1.165) is 49.5 Å². The molecule has 2 aromatic rings. The van der Waals surface area contributed by atoms with Crippen molar-refractivity contribution in [2.45, 2.75) is 39.3 Å². The summed E-state index contributed by atoms with van der Waals surface area (Å²) in [6.45, 7) is 6.35. The fraction of sp³-hybridized carbons (Fsp3) is 0.435. The number of likely N-dealkylation sites (tertiary alicyclic amines) is 1. The summed E-state index contributed by atoms with van der Waals surface area (Å²) in [5.74, 6) is 0.774. The van der Waals surface area contributed by atoms with E-state index in [1.54, 1.807) is 19.2 Å². The fourth-order valence-electron chi connectivity index (χ4n) is 3.87. The maximum atomic E-state index is 13.0. The van der Waals surface area contributed by atoms with Crippen LogP contribution in [0.1, 0.15) is 32.3 Å². The largest absolute Gasteiger partial charge is 0.497 e. The Labute approximate surface area is 177 Å². The standard InChI is InChI=1S/C23H29N3O4/c1-17(2)23(27)25(21-5-4-6-22(15-21)30-3)19-11-13-24(14-12-19)16-18-7-9-20(10-8-18)26(28)29/h4-10,15,17,19H,11-14,16H2,1-3H3. The Morgan fingerprint density at radius 3 is 2.43 bits per heavy atom. The summed E-state index contributed by atoms with van der Waals surface area (Å²) < 4.78 is 5.35. The zero-order valence-corrected chi connectivity index (χ0v) is 17.8. The monoisotopic (exact) mass is 411 g/mol. The van der Waals surface area contributed by atoms with E-state index < -0.39 is 0 Å². The van der Waals surface area contributed by atoms with Gasteiger partial charge in [-0.25, -0.2) is 0 Å². The van der Waals surface area contributed by atoms with Gasteiger partial charge in [0, 0.05) is 55.5 Å². The van der Waals surface area contributed by atoms with Crippen LogP contribution in [0.3, 0.4) is 0 Å². The summed E-state index contributed by atoms with van der Waals surface area (Å²) >= 11 is 0.